The van der Waals surface area contributed by atoms with Crippen LogP contribution in [0.2, 0.25) is 0 Å². The molecule has 5 nitrogen and oxygen atoms in total. The molecule has 1 aromatic carbocycles. The van der Waals surface area contributed by atoms with Gasteiger partial charge in [-0.05, 0) is 5.56 Å². The highest BCUT2D eigenvalue weighted by Crippen LogP contribution is 2.22. The highest BCUT2D eigenvalue weighted by molar-refractivity contribution is 7.85. The van der Waals surface area contributed by atoms with Crippen LogP contribution in [0.3, 0.4) is 0 Å². The number of nitriles is 1. The zero-order chi connectivity index (χ0) is 16.6. The van der Waals surface area contributed by atoms with Gasteiger partial charge in [0.1, 0.15) is 25.0 Å². The molecule has 0 heterocycles. The van der Waals surface area contributed by atoms with Gasteiger partial charge in [0.15, 0.2) is 19.4 Å². The zero-order valence-electron chi connectivity index (χ0n) is 12.3. The number of hydrogen-bond donors (Lipinski definition) is 0. The molecule has 22 heavy (non-hydrogen) atoms. The second-order valence-electron chi connectivity index (χ2n) is 4.94. The van der Waals surface area contributed by atoms with Crippen LogP contribution < -0.4 is 0 Å². The number of quaternary nitrogens is 1. The minimum atomic E-state index is -3.98. The summed E-state index contributed by atoms with van der Waals surface area (Å²) in [7, 11) is -2.73. The molecule has 1 rings (SSSR count). The predicted molar refractivity (Wildman–Crippen MR) is 77.4 cm³/mol. The Hall–Kier alpha value is -1.56. The third-order valence-corrected chi connectivity index (χ3v) is 5.47. The van der Waals surface area contributed by atoms with E-state index in [9.17, 15) is 17.2 Å². The number of benzene rings is 1. The maximum Gasteiger partial charge on any atom is 0.304 e. The summed E-state index contributed by atoms with van der Waals surface area (Å²) < 4.78 is 55.4. The van der Waals surface area contributed by atoms with E-state index in [1.807, 2.05) is 0 Å². The van der Waals surface area contributed by atoms with Crippen molar-refractivity contribution in [3.05, 3.63) is 35.9 Å². The molecule has 0 fully saturated rings. The number of rotatable bonds is 9. The molecule has 0 aliphatic heterocycles. The Morgan fingerprint density at radius 1 is 1.36 bits per heavy atom. The van der Waals surface area contributed by atoms with Crippen LogP contribution in [0.4, 0.5) is 8.78 Å². The van der Waals surface area contributed by atoms with Crippen molar-refractivity contribution in [1.29, 1.82) is 5.26 Å². The van der Waals surface area contributed by atoms with Gasteiger partial charge in [0.05, 0.1) is 0 Å². The van der Waals surface area contributed by atoms with E-state index in [0.717, 1.165) is 0 Å². The summed E-state index contributed by atoms with van der Waals surface area (Å²) in [5, 5.41) is 8.94. The van der Waals surface area contributed by atoms with Crippen molar-refractivity contribution in [2.24, 2.45) is 0 Å². The highest BCUT2D eigenvalue weighted by atomic mass is 32.2. The molecular weight excluding hydrogens is 314 g/mol. The maximum absolute atomic E-state index is 13.5. The lowest BCUT2D eigenvalue weighted by molar-refractivity contribution is -0.824. The number of nitrogens with zero attached hydrogens (tertiary/aromatic N) is 2. The highest BCUT2D eigenvalue weighted by Gasteiger charge is 2.44. The van der Waals surface area contributed by atoms with Crippen molar-refractivity contribution < 1.29 is 25.8 Å². The maximum atomic E-state index is 13.5. The summed E-state index contributed by atoms with van der Waals surface area (Å²) in [4.78, 5) is 0. The second-order valence-corrected chi connectivity index (χ2v) is 7.17. The Morgan fingerprint density at radius 3 is 2.50 bits per heavy atom. The quantitative estimate of drug-likeness (QED) is 0.392. The molecule has 0 aliphatic rings. The molecule has 1 aromatic rings. The molecule has 122 valence electrons. The summed E-state index contributed by atoms with van der Waals surface area (Å²) in [5.74, 6) is -0.377. The number of halogens is 2. The fourth-order valence-electron chi connectivity index (χ4n) is 2.15. The number of ether oxygens (including phenoxy) is 1. The van der Waals surface area contributed by atoms with Crippen LogP contribution in [0.15, 0.2) is 30.3 Å². The number of hydrogen-bond acceptors (Lipinski definition) is 4. The van der Waals surface area contributed by atoms with Crippen LogP contribution in [0.5, 0.6) is 0 Å². The van der Waals surface area contributed by atoms with Crippen molar-refractivity contribution in [3.63, 3.8) is 0 Å². The summed E-state index contributed by atoms with van der Waals surface area (Å²) in [6.45, 7) is -2.89. The largest absolute Gasteiger partial charge is 0.334 e. The van der Waals surface area contributed by atoms with E-state index < -0.39 is 46.6 Å². The first-order chi connectivity index (χ1) is 10.4. The van der Waals surface area contributed by atoms with Crippen LogP contribution >= 0.6 is 0 Å². The monoisotopic (exact) mass is 333 g/mol. The molecule has 0 aromatic heterocycles. The molecule has 0 aliphatic carbocycles. The third-order valence-electron chi connectivity index (χ3n) is 3.20. The van der Waals surface area contributed by atoms with Crippen LogP contribution in [-0.2, 0) is 20.5 Å². The molecule has 2 atom stereocenters. The smallest absolute Gasteiger partial charge is 0.304 e. The van der Waals surface area contributed by atoms with E-state index in [1.54, 1.807) is 36.4 Å². The molecular formula is C14H19F2N2O3S+. The van der Waals surface area contributed by atoms with Crippen molar-refractivity contribution in [3.8, 4) is 6.07 Å². The fraction of sp³-hybridized carbons (Fsp3) is 0.500. The van der Waals surface area contributed by atoms with E-state index in [0.29, 0.717) is 5.56 Å². The predicted octanol–water partition coefficient (Wildman–Crippen LogP) is 1.77. The fourth-order valence-corrected chi connectivity index (χ4v) is 3.95. The van der Waals surface area contributed by atoms with Gasteiger partial charge in [-0.15, -0.1) is 0 Å². The molecule has 0 radical (unpaired) electrons. The van der Waals surface area contributed by atoms with E-state index >= 15 is 0 Å². The SMILES string of the molecule is COC[N+](CC#N)(CC(F)CF)S(=O)(=O)Cc1ccccc1. The first-order valence-corrected chi connectivity index (χ1v) is 8.20. The van der Waals surface area contributed by atoms with Gasteiger partial charge in [0.2, 0.25) is 0 Å². The summed E-state index contributed by atoms with van der Waals surface area (Å²) >= 11 is 0. The van der Waals surface area contributed by atoms with Crippen LogP contribution in [0.25, 0.3) is 0 Å². The number of alkyl halides is 2. The standard InChI is InChI=1S/C14H19F2N2O3S/c1-21-12-18(8-7-17,10-14(16)9-15)22(19,20)11-13-5-3-2-4-6-13/h2-6,14H,8-12H2,1H3/q+1. The zero-order valence-corrected chi connectivity index (χ0v) is 13.1. The number of methoxy groups -OCH3 is 1. The van der Waals surface area contributed by atoms with Crippen molar-refractivity contribution in [1.82, 2.24) is 0 Å². The molecule has 0 saturated carbocycles. The van der Waals surface area contributed by atoms with Gasteiger partial charge < -0.3 is 4.74 Å². The van der Waals surface area contributed by atoms with Crippen molar-refractivity contribution >= 4 is 10.0 Å². The van der Waals surface area contributed by atoms with E-state index in [-0.39, 0.29) is 5.75 Å². The van der Waals surface area contributed by atoms with Gasteiger partial charge in [-0.2, -0.15) is 17.6 Å². The minimum Gasteiger partial charge on any atom is -0.334 e. The summed E-state index contributed by atoms with van der Waals surface area (Å²) in [5.41, 5.74) is 0.509. The van der Waals surface area contributed by atoms with Gasteiger partial charge in [0.25, 0.3) is 0 Å². The molecule has 0 amide bonds. The Labute approximate surface area is 129 Å². The molecule has 0 saturated heterocycles. The Bertz CT molecular complexity index is 604. The van der Waals surface area contributed by atoms with Crippen LogP contribution in [-0.4, -0.2) is 52.1 Å². The average molecular weight is 333 g/mol. The van der Waals surface area contributed by atoms with Crippen molar-refractivity contribution in [2.75, 3.05) is 33.6 Å². The van der Waals surface area contributed by atoms with Crippen molar-refractivity contribution in [2.45, 2.75) is 11.9 Å². The van der Waals surface area contributed by atoms with Gasteiger partial charge in [-0.25, -0.2) is 8.78 Å². The first kappa shape index (κ1) is 18.5. The van der Waals surface area contributed by atoms with E-state index in [1.165, 1.54) is 7.11 Å². The lowest BCUT2D eigenvalue weighted by atomic mass is 10.2. The first-order valence-electron chi connectivity index (χ1n) is 6.59. The molecule has 8 heteroatoms. The van der Waals surface area contributed by atoms with Crippen LogP contribution in [0.1, 0.15) is 5.56 Å². The Balaban J connectivity index is 3.19. The average Bonchev–Trinajstić information content (AvgIpc) is 2.48. The lowest BCUT2D eigenvalue weighted by Gasteiger charge is -2.34. The van der Waals surface area contributed by atoms with Crippen LogP contribution in [0, 0.1) is 11.3 Å². The summed E-state index contributed by atoms with van der Waals surface area (Å²) in [6.07, 6.45) is -1.98. The van der Waals surface area contributed by atoms with Gasteiger partial charge in [-0.3, -0.25) is 0 Å². The molecule has 2 unspecified atom stereocenters. The molecule has 0 bridgehead atoms. The normalized spacial score (nSPS) is 15.7. The summed E-state index contributed by atoms with van der Waals surface area (Å²) in [6, 6.07) is 10.1. The van der Waals surface area contributed by atoms with Gasteiger partial charge in [-0.1, -0.05) is 30.3 Å². The third kappa shape index (κ3) is 4.47. The molecule has 0 N–H and O–H groups in total. The topological polar surface area (TPSA) is 67.2 Å². The van der Waals surface area contributed by atoms with E-state index in [2.05, 4.69) is 0 Å². The van der Waals surface area contributed by atoms with Gasteiger partial charge in [0, 0.05) is 7.11 Å². The van der Waals surface area contributed by atoms with E-state index in [4.69, 9.17) is 10.00 Å². The second kappa shape index (κ2) is 8.17. The van der Waals surface area contributed by atoms with Gasteiger partial charge >= 0.3 is 10.0 Å². The molecule has 0 spiro atoms. The minimum absolute atomic E-state index is 0.377. The Morgan fingerprint density at radius 2 is 2.00 bits per heavy atom. The lowest BCUT2D eigenvalue weighted by Crippen LogP contribution is -2.57. The number of sulfonamides is 1. The Kier molecular flexibility index (Phi) is 6.87.